The Balaban J connectivity index is 2.44. The fourth-order valence-corrected chi connectivity index (χ4v) is 0.957. The summed E-state index contributed by atoms with van der Waals surface area (Å²) in [5.41, 5.74) is 0.506. The lowest BCUT2D eigenvalue weighted by molar-refractivity contribution is 0.0490. The van der Waals surface area contributed by atoms with Crippen LogP contribution in [-0.2, 0) is 4.74 Å². The number of aliphatic hydroxyl groups excluding tert-OH is 1. The van der Waals surface area contributed by atoms with Gasteiger partial charge in [0.15, 0.2) is 0 Å². The van der Waals surface area contributed by atoms with Crippen LogP contribution in [0.3, 0.4) is 0 Å². The van der Waals surface area contributed by atoms with Crippen LogP contribution in [-0.4, -0.2) is 29.5 Å². The van der Waals surface area contributed by atoms with Crippen LogP contribution in [0.5, 0.6) is 0 Å². The lowest BCUT2D eigenvalue weighted by atomic mass is 10.2. The molecular weight excluding hydrogens is 200 g/mol. The number of benzene rings is 1. The topological polar surface area (TPSA) is 46.5 Å². The predicted molar refractivity (Wildman–Crippen MR) is 56.6 cm³/mol. The molecule has 0 fully saturated rings. The van der Waals surface area contributed by atoms with Crippen molar-refractivity contribution in [2.24, 2.45) is 0 Å². The molecule has 1 rings (SSSR count). The molecule has 0 saturated heterocycles. The summed E-state index contributed by atoms with van der Waals surface area (Å²) in [4.78, 5) is 11.3. The van der Waals surface area contributed by atoms with Gasteiger partial charge >= 0.3 is 5.97 Å². The summed E-state index contributed by atoms with van der Waals surface area (Å²) in [6.45, 7) is 0.0124. The molecule has 0 aliphatic rings. The Morgan fingerprint density at radius 2 is 2.07 bits per heavy atom. The molecule has 0 aliphatic carbocycles. The average Bonchev–Trinajstić information content (AvgIpc) is 2.26. The second kappa shape index (κ2) is 5.67. The Bertz CT molecular complexity index is 287. The molecule has 0 spiro atoms. The first kappa shape index (κ1) is 11.1. The van der Waals surface area contributed by atoms with E-state index in [2.05, 4.69) is 12.6 Å². The first-order valence-corrected chi connectivity index (χ1v) is 4.76. The van der Waals surface area contributed by atoms with Gasteiger partial charge in [-0.2, -0.15) is 12.6 Å². The first-order chi connectivity index (χ1) is 6.74. The van der Waals surface area contributed by atoms with Gasteiger partial charge in [0.2, 0.25) is 0 Å². The summed E-state index contributed by atoms with van der Waals surface area (Å²) in [5.74, 6) is -0.391. The van der Waals surface area contributed by atoms with Gasteiger partial charge in [0, 0.05) is 0 Å². The maximum Gasteiger partial charge on any atom is 0.338 e. The van der Waals surface area contributed by atoms with Gasteiger partial charge in [-0.3, -0.25) is 0 Å². The van der Waals surface area contributed by atoms with Crippen LogP contribution in [0.2, 0.25) is 0 Å². The molecule has 0 aliphatic heterocycles. The van der Waals surface area contributed by atoms with Gasteiger partial charge in [0.1, 0.15) is 6.61 Å². The van der Waals surface area contributed by atoms with Gasteiger partial charge in [0.05, 0.1) is 17.4 Å². The molecule has 1 atom stereocenters. The number of carbonyl (C=O) groups excluding carboxylic acids is 1. The molecule has 0 radical (unpaired) electrons. The van der Waals surface area contributed by atoms with E-state index < -0.39 is 5.97 Å². The van der Waals surface area contributed by atoms with E-state index in [1.54, 1.807) is 24.3 Å². The lowest BCUT2D eigenvalue weighted by Gasteiger charge is -2.08. The van der Waals surface area contributed by atoms with Crippen LogP contribution in [0.25, 0.3) is 0 Å². The third-order valence-corrected chi connectivity index (χ3v) is 1.94. The summed E-state index contributed by atoms with van der Waals surface area (Å²) in [7, 11) is 0. The molecule has 76 valence electrons. The van der Waals surface area contributed by atoms with Gasteiger partial charge in [-0.05, 0) is 12.1 Å². The highest BCUT2D eigenvalue weighted by molar-refractivity contribution is 7.81. The monoisotopic (exact) mass is 212 g/mol. The van der Waals surface area contributed by atoms with Crippen LogP contribution in [0.1, 0.15) is 10.4 Å². The van der Waals surface area contributed by atoms with Crippen LogP contribution in [0, 0.1) is 0 Å². The number of esters is 1. The van der Waals surface area contributed by atoms with Gasteiger partial charge in [-0.25, -0.2) is 4.79 Å². The quantitative estimate of drug-likeness (QED) is 0.581. The summed E-state index contributed by atoms with van der Waals surface area (Å²) >= 11 is 3.99. The van der Waals surface area contributed by atoms with E-state index in [4.69, 9.17) is 9.84 Å². The lowest BCUT2D eigenvalue weighted by Crippen LogP contribution is -2.17. The van der Waals surface area contributed by atoms with E-state index in [0.29, 0.717) is 5.56 Å². The van der Waals surface area contributed by atoms with Crippen LogP contribution in [0.4, 0.5) is 0 Å². The zero-order chi connectivity index (χ0) is 10.4. The Morgan fingerprint density at radius 3 is 2.64 bits per heavy atom. The molecule has 1 aromatic carbocycles. The minimum absolute atomic E-state index is 0.106. The average molecular weight is 212 g/mol. The number of hydrogen-bond donors (Lipinski definition) is 2. The fourth-order valence-electron chi connectivity index (χ4n) is 0.882. The number of aliphatic hydroxyl groups is 1. The number of hydrogen-bond acceptors (Lipinski definition) is 4. The number of thiol groups is 1. The second-order valence-corrected chi connectivity index (χ2v) is 3.53. The summed E-state index contributed by atoms with van der Waals surface area (Å²) in [6.07, 6.45) is 0. The van der Waals surface area contributed by atoms with E-state index in [1.807, 2.05) is 6.07 Å². The highest BCUT2D eigenvalue weighted by atomic mass is 32.1. The Kier molecular flexibility index (Phi) is 4.49. The minimum atomic E-state index is -0.391. The molecule has 0 bridgehead atoms. The van der Waals surface area contributed by atoms with Gasteiger partial charge < -0.3 is 9.84 Å². The van der Waals surface area contributed by atoms with E-state index in [9.17, 15) is 4.79 Å². The second-order valence-electron chi connectivity index (χ2n) is 2.80. The highest BCUT2D eigenvalue weighted by Crippen LogP contribution is 2.02. The van der Waals surface area contributed by atoms with Crippen molar-refractivity contribution in [2.45, 2.75) is 5.25 Å². The molecule has 14 heavy (non-hydrogen) atoms. The zero-order valence-electron chi connectivity index (χ0n) is 7.59. The summed E-state index contributed by atoms with van der Waals surface area (Å²) < 4.78 is 4.91. The molecule has 4 heteroatoms. The smallest absolute Gasteiger partial charge is 0.338 e. The van der Waals surface area contributed by atoms with Gasteiger partial charge in [-0.15, -0.1) is 0 Å². The van der Waals surface area contributed by atoms with Crippen molar-refractivity contribution in [1.82, 2.24) is 0 Å². The van der Waals surface area contributed by atoms with Crippen molar-refractivity contribution in [3.63, 3.8) is 0 Å². The van der Waals surface area contributed by atoms with Crippen molar-refractivity contribution < 1.29 is 14.6 Å². The molecule has 0 aromatic heterocycles. The minimum Gasteiger partial charge on any atom is -0.461 e. The highest BCUT2D eigenvalue weighted by Gasteiger charge is 2.08. The number of ether oxygens (including phenoxy) is 1. The predicted octanol–water partition coefficient (Wildman–Crippen LogP) is 1.13. The zero-order valence-corrected chi connectivity index (χ0v) is 8.48. The Morgan fingerprint density at radius 1 is 1.43 bits per heavy atom. The molecule has 1 unspecified atom stereocenters. The fraction of sp³-hybridized carbons (Fsp3) is 0.300. The molecule has 1 N–H and O–H groups in total. The van der Waals surface area contributed by atoms with E-state index >= 15 is 0 Å². The van der Waals surface area contributed by atoms with Crippen molar-refractivity contribution in [2.75, 3.05) is 13.2 Å². The standard InChI is InChI=1S/C10H12O3S/c11-6-9(14)7-13-10(12)8-4-2-1-3-5-8/h1-5,9,11,14H,6-7H2. The van der Waals surface area contributed by atoms with Crippen molar-refractivity contribution in [3.05, 3.63) is 35.9 Å². The largest absolute Gasteiger partial charge is 0.461 e. The van der Waals surface area contributed by atoms with Gasteiger partial charge in [-0.1, -0.05) is 18.2 Å². The maximum absolute atomic E-state index is 11.3. The number of carbonyl (C=O) groups is 1. The molecule has 0 saturated carbocycles. The normalized spacial score (nSPS) is 12.1. The molecule has 0 amide bonds. The van der Waals surface area contributed by atoms with E-state index in [0.717, 1.165) is 0 Å². The van der Waals surface area contributed by atoms with Crippen molar-refractivity contribution in [3.8, 4) is 0 Å². The summed E-state index contributed by atoms with van der Waals surface area (Å²) in [6, 6.07) is 8.71. The third-order valence-electron chi connectivity index (χ3n) is 1.63. The Labute approximate surface area is 88.1 Å². The molecule has 1 aromatic rings. The molecule has 3 nitrogen and oxygen atoms in total. The maximum atomic E-state index is 11.3. The third kappa shape index (κ3) is 3.40. The van der Waals surface area contributed by atoms with Crippen LogP contribution >= 0.6 is 12.6 Å². The van der Waals surface area contributed by atoms with E-state index in [1.165, 1.54) is 0 Å². The van der Waals surface area contributed by atoms with Crippen molar-refractivity contribution >= 4 is 18.6 Å². The SMILES string of the molecule is O=C(OCC(S)CO)c1ccccc1. The molecular formula is C10H12O3S. The van der Waals surface area contributed by atoms with E-state index in [-0.39, 0.29) is 18.5 Å². The summed E-state index contributed by atoms with van der Waals surface area (Å²) in [5, 5.41) is 8.33. The van der Waals surface area contributed by atoms with Crippen molar-refractivity contribution in [1.29, 1.82) is 0 Å². The Hall–Kier alpha value is -1.00. The number of rotatable bonds is 4. The van der Waals surface area contributed by atoms with Crippen LogP contribution in [0.15, 0.2) is 30.3 Å². The molecule has 0 heterocycles. The van der Waals surface area contributed by atoms with Crippen LogP contribution < -0.4 is 0 Å². The van der Waals surface area contributed by atoms with Gasteiger partial charge in [0.25, 0.3) is 0 Å². The first-order valence-electron chi connectivity index (χ1n) is 4.25.